The number of ether oxygens (including phenoxy) is 3. The number of nitrogens with one attached hydrogen (secondary N) is 1. The van der Waals surface area contributed by atoms with Crippen molar-refractivity contribution in [2.24, 2.45) is 0 Å². The first kappa shape index (κ1) is 18.8. The maximum absolute atomic E-state index is 13.2. The van der Waals surface area contributed by atoms with E-state index in [1.807, 2.05) is 5.38 Å². The largest absolute Gasteiger partial charge is 0.497 e. The van der Waals surface area contributed by atoms with Gasteiger partial charge < -0.3 is 14.2 Å². The van der Waals surface area contributed by atoms with Crippen LogP contribution in [-0.4, -0.2) is 31.0 Å². The Morgan fingerprint density at radius 3 is 2.71 bits per heavy atom. The quantitative estimate of drug-likeness (QED) is 0.612. The molecule has 28 heavy (non-hydrogen) atoms. The van der Waals surface area contributed by atoms with Crippen molar-refractivity contribution in [3.05, 3.63) is 33.9 Å². The van der Waals surface area contributed by atoms with Gasteiger partial charge in [0.2, 0.25) is 0 Å². The molecule has 0 aromatic heterocycles. The topological polar surface area (TPSA) is 78.8 Å². The van der Waals surface area contributed by atoms with Crippen LogP contribution in [0, 0.1) is 0 Å². The summed E-state index contributed by atoms with van der Waals surface area (Å²) < 4.78 is 17.7. The minimum absolute atomic E-state index is 0.0690. The van der Waals surface area contributed by atoms with Crippen molar-refractivity contribution >= 4 is 32.5 Å². The number of amides is 1. The van der Waals surface area contributed by atoms with Gasteiger partial charge in [-0.3, -0.25) is 14.7 Å². The van der Waals surface area contributed by atoms with Crippen molar-refractivity contribution in [3.8, 4) is 27.8 Å². The summed E-state index contributed by atoms with van der Waals surface area (Å²) in [4.78, 5) is 26.2. The van der Waals surface area contributed by atoms with Crippen molar-refractivity contribution in [1.29, 1.82) is 0 Å². The first-order chi connectivity index (χ1) is 13.6. The molecular formula is C19H20N2O5S2. The van der Waals surface area contributed by atoms with E-state index in [1.165, 1.54) is 27.8 Å². The van der Waals surface area contributed by atoms with E-state index in [0.29, 0.717) is 17.2 Å². The fourth-order valence-electron chi connectivity index (χ4n) is 3.46. The van der Waals surface area contributed by atoms with E-state index in [-0.39, 0.29) is 17.4 Å². The Labute approximate surface area is 169 Å². The van der Waals surface area contributed by atoms with Crippen LogP contribution in [0.5, 0.6) is 11.5 Å². The molecule has 0 spiro atoms. The Kier molecular flexibility index (Phi) is 5.27. The third-order valence-corrected chi connectivity index (χ3v) is 6.91. The van der Waals surface area contributed by atoms with Crippen LogP contribution < -0.4 is 20.3 Å². The summed E-state index contributed by atoms with van der Waals surface area (Å²) in [5.74, 6) is 1.13. The van der Waals surface area contributed by atoms with Crippen molar-refractivity contribution in [1.82, 2.24) is 4.57 Å². The molecule has 2 aliphatic heterocycles. The zero-order valence-electron chi connectivity index (χ0n) is 15.5. The molecule has 2 heterocycles. The molecule has 148 valence electrons. The highest BCUT2D eigenvalue weighted by Gasteiger charge is 2.28. The lowest BCUT2D eigenvalue weighted by Gasteiger charge is -2.12. The Morgan fingerprint density at radius 1 is 1.21 bits per heavy atom. The summed E-state index contributed by atoms with van der Waals surface area (Å²) >= 11 is 0. The molecule has 7 nitrogen and oxygen atoms in total. The molecule has 0 saturated heterocycles. The first-order valence-electron chi connectivity index (χ1n) is 8.94. The molecule has 1 amide bonds. The molecule has 1 aromatic carbocycles. The maximum Gasteiger partial charge on any atom is 0.412 e. The molecule has 3 aliphatic rings. The molecule has 1 aromatic rings. The highest BCUT2D eigenvalue weighted by molar-refractivity contribution is 7.70. The number of nitrogens with zero attached hydrogens (tertiary/aromatic N) is 1. The van der Waals surface area contributed by atoms with Gasteiger partial charge in [0.25, 0.3) is 5.56 Å². The SMILES string of the molecule is COc1ccc(-n2c3cssc-3c(NC(=O)OC3CCCC3)c2=O)c(OC)c1. The molecule has 0 unspecified atom stereocenters. The van der Waals surface area contributed by atoms with E-state index in [2.05, 4.69) is 5.32 Å². The van der Waals surface area contributed by atoms with E-state index < -0.39 is 6.09 Å². The Hall–Kier alpha value is -2.52. The van der Waals surface area contributed by atoms with Crippen molar-refractivity contribution in [2.75, 3.05) is 19.5 Å². The minimum atomic E-state index is -0.580. The second-order valence-electron chi connectivity index (χ2n) is 6.50. The highest BCUT2D eigenvalue weighted by Crippen LogP contribution is 2.41. The standard InChI is InChI=1S/C19H20N2O5S2/c1-24-12-7-8-13(15(9-12)25-2)21-14-10-27-28-17(14)16(18(21)22)20-19(23)26-11-5-3-4-6-11/h7-11H,3-6H2,1-2H3,(H,20,23). The molecule has 1 saturated carbocycles. The summed E-state index contributed by atoms with van der Waals surface area (Å²) in [5.41, 5.74) is 1.23. The maximum atomic E-state index is 13.2. The average Bonchev–Trinajstić information content (AvgIpc) is 3.42. The molecule has 0 atom stereocenters. The lowest BCUT2D eigenvalue weighted by atomic mass is 10.2. The van der Waals surface area contributed by atoms with Crippen LogP contribution in [0.4, 0.5) is 10.5 Å². The normalized spacial score (nSPS) is 14.4. The van der Waals surface area contributed by atoms with Crippen molar-refractivity contribution < 1.29 is 19.0 Å². The fourth-order valence-corrected chi connectivity index (χ4v) is 5.67. The van der Waals surface area contributed by atoms with Gasteiger partial charge in [-0.05, 0) is 37.8 Å². The van der Waals surface area contributed by atoms with E-state index in [4.69, 9.17) is 14.2 Å². The number of hydrogen-bond acceptors (Lipinski definition) is 7. The molecule has 0 radical (unpaired) electrons. The van der Waals surface area contributed by atoms with E-state index >= 15 is 0 Å². The van der Waals surface area contributed by atoms with Gasteiger partial charge in [0.1, 0.15) is 23.3 Å². The van der Waals surface area contributed by atoms with Gasteiger partial charge >= 0.3 is 6.09 Å². The Morgan fingerprint density at radius 2 is 2.00 bits per heavy atom. The van der Waals surface area contributed by atoms with Gasteiger partial charge in [0.05, 0.1) is 30.5 Å². The Balaban J connectivity index is 1.71. The van der Waals surface area contributed by atoms with Gasteiger partial charge in [-0.1, -0.05) is 20.7 Å². The summed E-state index contributed by atoms with van der Waals surface area (Å²) in [6, 6.07) is 5.25. The number of fused-ring (bicyclic) bond motifs is 1. The van der Waals surface area contributed by atoms with Crippen LogP contribution in [0.1, 0.15) is 25.7 Å². The monoisotopic (exact) mass is 420 g/mol. The lowest BCUT2D eigenvalue weighted by molar-refractivity contribution is 0.114. The number of methoxy groups -OCH3 is 2. The highest BCUT2D eigenvalue weighted by atomic mass is 32.9. The molecule has 9 heteroatoms. The van der Waals surface area contributed by atoms with Crippen LogP contribution in [-0.2, 0) is 4.74 Å². The molecule has 1 aliphatic carbocycles. The van der Waals surface area contributed by atoms with Crippen LogP contribution in [0.25, 0.3) is 16.3 Å². The number of benzene rings is 1. The summed E-state index contributed by atoms with van der Waals surface area (Å²) in [6.45, 7) is 0. The van der Waals surface area contributed by atoms with Gasteiger partial charge in [-0.25, -0.2) is 4.79 Å². The van der Waals surface area contributed by atoms with E-state index in [0.717, 1.165) is 36.3 Å². The summed E-state index contributed by atoms with van der Waals surface area (Å²) in [7, 11) is 6.04. The first-order valence-corrected chi connectivity index (χ1v) is 11.2. The third-order valence-electron chi connectivity index (χ3n) is 4.84. The van der Waals surface area contributed by atoms with Crippen LogP contribution in [0.3, 0.4) is 0 Å². The minimum Gasteiger partial charge on any atom is -0.497 e. The number of aromatic nitrogens is 1. The molecule has 4 rings (SSSR count). The lowest BCUT2D eigenvalue weighted by Crippen LogP contribution is -2.24. The second-order valence-corrected chi connectivity index (χ2v) is 8.58. The van der Waals surface area contributed by atoms with Crippen molar-refractivity contribution in [3.63, 3.8) is 0 Å². The van der Waals surface area contributed by atoms with Gasteiger partial charge in [-0.2, -0.15) is 0 Å². The second kappa shape index (κ2) is 7.84. The zero-order chi connectivity index (χ0) is 19.7. The molecule has 0 bridgehead atoms. The predicted octanol–water partition coefficient (Wildman–Crippen LogP) is 4.57. The zero-order valence-corrected chi connectivity index (χ0v) is 17.2. The number of carbonyl (C=O) groups is 1. The average molecular weight is 421 g/mol. The number of hydrogen-bond donors (Lipinski definition) is 1. The van der Waals surface area contributed by atoms with Crippen LogP contribution >= 0.6 is 20.7 Å². The number of carbonyl (C=O) groups excluding carboxylic acids is 1. The van der Waals surface area contributed by atoms with Crippen LogP contribution in [0.2, 0.25) is 0 Å². The molecule has 1 N–H and O–H groups in total. The molecular weight excluding hydrogens is 400 g/mol. The smallest absolute Gasteiger partial charge is 0.412 e. The third kappa shape index (κ3) is 3.35. The van der Waals surface area contributed by atoms with Gasteiger partial charge in [0.15, 0.2) is 0 Å². The summed E-state index contributed by atoms with van der Waals surface area (Å²) in [5, 5.41) is 4.56. The van der Waals surface area contributed by atoms with Gasteiger partial charge in [0, 0.05) is 11.4 Å². The van der Waals surface area contributed by atoms with Crippen LogP contribution in [0.15, 0.2) is 28.4 Å². The molecule has 1 fully saturated rings. The Bertz CT molecular complexity index is 1020. The van der Waals surface area contributed by atoms with Crippen molar-refractivity contribution in [2.45, 2.75) is 31.8 Å². The predicted molar refractivity (Wildman–Crippen MR) is 110 cm³/mol. The van der Waals surface area contributed by atoms with Gasteiger partial charge in [-0.15, -0.1) is 0 Å². The fraction of sp³-hybridized carbons (Fsp3) is 0.368. The van der Waals surface area contributed by atoms with E-state index in [9.17, 15) is 9.59 Å². The van der Waals surface area contributed by atoms with E-state index in [1.54, 1.807) is 29.9 Å². The number of rotatable bonds is 5. The summed E-state index contributed by atoms with van der Waals surface area (Å²) in [6.07, 6.45) is 3.23. The number of anilines is 1.